The molecule has 0 aliphatic heterocycles. The van der Waals surface area contributed by atoms with Crippen LogP contribution in [0.4, 0.5) is 0 Å². The van der Waals surface area contributed by atoms with Crippen molar-refractivity contribution in [3.63, 3.8) is 0 Å². The van der Waals surface area contributed by atoms with E-state index in [0.717, 1.165) is 11.1 Å². The summed E-state index contributed by atoms with van der Waals surface area (Å²) < 4.78 is 27.5. The molecule has 6 heteroatoms. The normalized spacial score (nSPS) is 11.8. The minimum Gasteiger partial charge on any atom is -0.330 e. The van der Waals surface area contributed by atoms with Crippen LogP contribution in [-0.2, 0) is 16.6 Å². The number of nitrogens with two attached hydrogens (primary N) is 1. The molecule has 4 nitrogen and oxygen atoms in total. The number of nitrogens with zero attached hydrogens (tertiary/aromatic N) is 1. The summed E-state index contributed by atoms with van der Waals surface area (Å²) in [6, 6.07) is 14.5. The summed E-state index contributed by atoms with van der Waals surface area (Å²) in [6.07, 6.45) is 0.593. The molecule has 0 bridgehead atoms. The zero-order valence-electron chi connectivity index (χ0n) is 13.1. The minimum atomic E-state index is -3.68. The van der Waals surface area contributed by atoms with Gasteiger partial charge in [-0.15, -0.1) is 0 Å². The van der Waals surface area contributed by atoms with E-state index in [4.69, 9.17) is 17.3 Å². The first-order chi connectivity index (χ1) is 10.9. The van der Waals surface area contributed by atoms with Crippen molar-refractivity contribution in [2.75, 3.05) is 13.1 Å². The molecule has 0 heterocycles. The van der Waals surface area contributed by atoms with Crippen LogP contribution in [0.1, 0.15) is 17.5 Å². The summed E-state index contributed by atoms with van der Waals surface area (Å²) in [5, 5.41) is 0.237. The minimum absolute atomic E-state index is 0.145. The Hall–Kier alpha value is -1.40. The molecule has 23 heavy (non-hydrogen) atoms. The molecule has 2 aromatic carbocycles. The van der Waals surface area contributed by atoms with Crippen molar-refractivity contribution in [2.45, 2.75) is 24.8 Å². The molecule has 0 amide bonds. The Morgan fingerprint density at radius 2 is 1.83 bits per heavy atom. The van der Waals surface area contributed by atoms with Crippen LogP contribution < -0.4 is 5.73 Å². The molecule has 0 saturated carbocycles. The molecule has 0 spiro atoms. The summed E-state index contributed by atoms with van der Waals surface area (Å²) in [5.41, 5.74) is 7.34. The zero-order chi connectivity index (χ0) is 16.9. The largest absolute Gasteiger partial charge is 0.330 e. The molecule has 0 aliphatic rings. The standard InChI is InChI=1S/C17H21ClN2O2S/c1-14-8-9-16(18)17(12-14)23(21,22)20(11-5-10-19)13-15-6-3-2-4-7-15/h2-4,6-9,12H,5,10-11,13,19H2,1H3. The van der Waals surface area contributed by atoms with Crippen LogP contribution in [0, 0.1) is 6.92 Å². The molecule has 0 aliphatic carbocycles. The molecule has 124 valence electrons. The molecule has 2 aromatic rings. The first kappa shape index (κ1) is 17.9. The van der Waals surface area contributed by atoms with Crippen LogP contribution in [0.3, 0.4) is 0 Å². The van der Waals surface area contributed by atoms with E-state index in [1.165, 1.54) is 4.31 Å². The molecule has 0 fully saturated rings. The van der Waals surface area contributed by atoms with Crippen LogP contribution in [0.25, 0.3) is 0 Å². The van der Waals surface area contributed by atoms with Gasteiger partial charge in [0.15, 0.2) is 0 Å². The molecular weight excluding hydrogens is 332 g/mol. The molecule has 0 aromatic heterocycles. The highest BCUT2D eigenvalue weighted by atomic mass is 35.5. The quantitative estimate of drug-likeness (QED) is 0.832. The smallest absolute Gasteiger partial charge is 0.244 e. The van der Waals surface area contributed by atoms with Gasteiger partial charge in [0.1, 0.15) is 4.90 Å². The highest BCUT2D eigenvalue weighted by Crippen LogP contribution is 2.27. The number of rotatable bonds is 7. The van der Waals surface area contributed by atoms with Gasteiger partial charge in [-0.05, 0) is 43.1 Å². The first-order valence-corrected chi connectivity index (χ1v) is 9.27. The van der Waals surface area contributed by atoms with Gasteiger partial charge in [-0.3, -0.25) is 0 Å². The fourth-order valence-corrected chi connectivity index (χ4v) is 4.31. The maximum absolute atomic E-state index is 13.0. The molecule has 0 saturated heterocycles. The number of aryl methyl sites for hydroxylation is 1. The predicted molar refractivity (Wildman–Crippen MR) is 93.9 cm³/mol. The number of sulfonamides is 1. The Labute approximate surface area is 142 Å². The number of benzene rings is 2. The Morgan fingerprint density at radius 3 is 2.48 bits per heavy atom. The summed E-state index contributed by atoms with van der Waals surface area (Å²) in [6.45, 7) is 2.94. The topological polar surface area (TPSA) is 63.4 Å². The predicted octanol–water partition coefficient (Wildman–Crippen LogP) is 3.19. The van der Waals surface area contributed by atoms with Crippen LogP contribution in [0.15, 0.2) is 53.4 Å². The molecule has 2 rings (SSSR count). The molecule has 0 radical (unpaired) electrons. The summed E-state index contributed by atoms with van der Waals surface area (Å²) in [4.78, 5) is 0.145. The fourth-order valence-electron chi connectivity index (χ4n) is 2.29. The number of hydrogen-bond acceptors (Lipinski definition) is 3. The monoisotopic (exact) mass is 352 g/mol. The van der Waals surface area contributed by atoms with Gasteiger partial charge in [-0.1, -0.05) is 48.0 Å². The lowest BCUT2D eigenvalue weighted by Gasteiger charge is -2.23. The van der Waals surface area contributed by atoms with Crippen molar-refractivity contribution in [3.05, 3.63) is 64.7 Å². The van der Waals surface area contributed by atoms with E-state index in [1.54, 1.807) is 18.2 Å². The third-order valence-electron chi connectivity index (χ3n) is 3.52. The van der Waals surface area contributed by atoms with Gasteiger partial charge in [0.25, 0.3) is 0 Å². The molecular formula is C17H21ClN2O2S. The van der Waals surface area contributed by atoms with Crippen molar-refractivity contribution >= 4 is 21.6 Å². The van der Waals surface area contributed by atoms with E-state index in [2.05, 4.69) is 0 Å². The van der Waals surface area contributed by atoms with E-state index in [-0.39, 0.29) is 9.92 Å². The van der Waals surface area contributed by atoms with Gasteiger partial charge in [-0.2, -0.15) is 4.31 Å². The van der Waals surface area contributed by atoms with E-state index < -0.39 is 10.0 Å². The Balaban J connectivity index is 2.38. The average molecular weight is 353 g/mol. The van der Waals surface area contributed by atoms with Crippen LogP contribution in [0.5, 0.6) is 0 Å². The van der Waals surface area contributed by atoms with Crippen LogP contribution in [-0.4, -0.2) is 25.8 Å². The SMILES string of the molecule is Cc1ccc(Cl)c(S(=O)(=O)N(CCCN)Cc2ccccc2)c1. The summed E-state index contributed by atoms with van der Waals surface area (Å²) in [5.74, 6) is 0. The Morgan fingerprint density at radius 1 is 1.13 bits per heavy atom. The van der Waals surface area contributed by atoms with Gasteiger partial charge in [0.2, 0.25) is 10.0 Å². The summed E-state index contributed by atoms with van der Waals surface area (Å²) >= 11 is 6.13. The van der Waals surface area contributed by atoms with Gasteiger partial charge < -0.3 is 5.73 Å². The Bertz CT molecular complexity index is 748. The Kier molecular flexibility index (Phi) is 6.18. The molecule has 0 unspecified atom stereocenters. The zero-order valence-corrected chi connectivity index (χ0v) is 14.6. The highest BCUT2D eigenvalue weighted by molar-refractivity contribution is 7.89. The van der Waals surface area contributed by atoms with Crippen LogP contribution >= 0.6 is 11.6 Å². The number of halogens is 1. The van der Waals surface area contributed by atoms with Gasteiger partial charge >= 0.3 is 0 Å². The third kappa shape index (κ3) is 4.54. The lowest BCUT2D eigenvalue weighted by Crippen LogP contribution is -2.32. The molecule has 2 N–H and O–H groups in total. The average Bonchev–Trinajstić information content (AvgIpc) is 2.54. The lowest BCUT2D eigenvalue weighted by atomic mass is 10.2. The maximum Gasteiger partial charge on any atom is 0.244 e. The van der Waals surface area contributed by atoms with Gasteiger partial charge in [0.05, 0.1) is 5.02 Å². The highest BCUT2D eigenvalue weighted by Gasteiger charge is 2.26. The number of hydrogen-bond donors (Lipinski definition) is 1. The lowest BCUT2D eigenvalue weighted by molar-refractivity contribution is 0.402. The van der Waals surface area contributed by atoms with Crippen molar-refractivity contribution in [1.82, 2.24) is 4.31 Å². The van der Waals surface area contributed by atoms with Crippen molar-refractivity contribution < 1.29 is 8.42 Å². The maximum atomic E-state index is 13.0. The summed E-state index contributed by atoms with van der Waals surface area (Å²) in [7, 11) is -3.68. The third-order valence-corrected chi connectivity index (χ3v) is 5.84. The van der Waals surface area contributed by atoms with Crippen LogP contribution in [0.2, 0.25) is 5.02 Å². The van der Waals surface area contributed by atoms with Crippen molar-refractivity contribution in [2.24, 2.45) is 5.73 Å². The molecule has 0 atom stereocenters. The van der Waals surface area contributed by atoms with Gasteiger partial charge in [-0.25, -0.2) is 8.42 Å². The van der Waals surface area contributed by atoms with E-state index in [0.29, 0.717) is 26.1 Å². The second-order valence-electron chi connectivity index (χ2n) is 5.40. The second-order valence-corrected chi connectivity index (χ2v) is 7.71. The van der Waals surface area contributed by atoms with E-state index in [1.807, 2.05) is 37.3 Å². The second kappa shape index (κ2) is 7.93. The fraction of sp³-hybridized carbons (Fsp3) is 0.294. The van der Waals surface area contributed by atoms with Gasteiger partial charge in [0, 0.05) is 13.1 Å². The van der Waals surface area contributed by atoms with Crippen molar-refractivity contribution in [3.8, 4) is 0 Å². The van der Waals surface area contributed by atoms with E-state index in [9.17, 15) is 8.42 Å². The van der Waals surface area contributed by atoms with Crippen molar-refractivity contribution in [1.29, 1.82) is 0 Å². The van der Waals surface area contributed by atoms with E-state index >= 15 is 0 Å². The first-order valence-electron chi connectivity index (χ1n) is 7.45.